The summed E-state index contributed by atoms with van der Waals surface area (Å²) in [6.45, 7) is 4.64. The number of carbonyl (C=O) groups is 1. The van der Waals surface area contributed by atoms with Crippen LogP contribution in [-0.4, -0.2) is 58.4 Å². The number of hydrogen-bond donors (Lipinski definition) is 2. The van der Waals surface area contributed by atoms with Gasteiger partial charge >= 0.3 is 6.03 Å². The zero-order valence-electron chi connectivity index (χ0n) is 15.1. The molecule has 9 nitrogen and oxygen atoms in total. The van der Waals surface area contributed by atoms with E-state index in [1.165, 1.54) is 4.90 Å². The SMILES string of the molecule is CNc1cc(C)nc(N2CCn3nc(CNC(=O)N(C)C)cc3C2)n1. The number of hydrogen-bond acceptors (Lipinski definition) is 6. The van der Waals surface area contributed by atoms with E-state index in [0.717, 1.165) is 41.9 Å². The Labute approximate surface area is 147 Å². The van der Waals surface area contributed by atoms with E-state index in [9.17, 15) is 4.79 Å². The largest absolute Gasteiger partial charge is 0.373 e. The van der Waals surface area contributed by atoms with Crippen LogP contribution >= 0.6 is 0 Å². The normalized spacial score (nSPS) is 13.4. The lowest BCUT2D eigenvalue weighted by Crippen LogP contribution is -2.35. The number of rotatable bonds is 4. The van der Waals surface area contributed by atoms with Crippen LogP contribution in [0, 0.1) is 6.92 Å². The van der Waals surface area contributed by atoms with E-state index in [1.54, 1.807) is 14.1 Å². The number of urea groups is 1. The van der Waals surface area contributed by atoms with E-state index in [4.69, 9.17) is 0 Å². The van der Waals surface area contributed by atoms with Gasteiger partial charge in [0.2, 0.25) is 5.95 Å². The molecule has 0 bridgehead atoms. The molecule has 0 radical (unpaired) electrons. The molecule has 0 aliphatic carbocycles. The van der Waals surface area contributed by atoms with Gasteiger partial charge < -0.3 is 20.4 Å². The lowest BCUT2D eigenvalue weighted by molar-refractivity contribution is 0.217. The van der Waals surface area contributed by atoms with Crippen molar-refractivity contribution in [2.75, 3.05) is 37.9 Å². The van der Waals surface area contributed by atoms with Crippen molar-refractivity contribution >= 4 is 17.8 Å². The van der Waals surface area contributed by atoms with E-state index in [2.05, 4.69) is 30.6 Å². The topological polar surface area (TPSA) is 91.2 Å². The fourth-order valence-electron chi connectivity index (χ4n) is 2.73. The average Bonchev–Trinajstić information content (AvgIpc) is 3.00. The summed E-state index contributed by atoms with van der Waals surface area (Å²) in [7, 11) is 5.28. The molecule has 3 heterocycles. The summed E-state index contributed by atoms with van der Waals surface area (Å²) < 4.78 is 1.99. The molecule has 9 heteroatoms. The third-order valence-corrected chi connectivity index (χ3v) is 4.06. The van der Waals surface area contributed by atoms with Gasteiger partial charge in [-0.2, -0.15) is 10.1 Å². The van der Waals surface area contributed by atoms with Crippen LogP contribution in [-0.2, 0) is 19.6 Å². The maximum atomic E-state index is 11.6. The van der Waals surface area contributed by atoms with Gasteiger partial charge in [0, 0.05) is 39.4 Å². The van der Waals surface area contributed by atoms with Crippen molar-refractivity contribution in [2.45, 2.75) is 26.6 Å². The molecule has 0 aromatic carbocycles. The van der Waals surface area contributed by atoms with Crippen LogP contribution in [0.5, 0.6) is 0 Å². The summed E-state index contributed by atoms with van der Waals surface area (Å²) in [5.74, 6) is 1.54. The molecule has 0 fully saturated rings. The van der Waals surface area contributed by atoms with Crippen molar-refractivity contribution in [3.05, 3.63) is 29.2 Å². The monoisotopic (exact) mass is 344 g/mol. The van der Waals surface area contributed by atoms with Gasteiger partial charge in [0.1, 0.15) is 5.82 Å². The van der Waals surface area contributed by atoms with Crippen LogP contribution in [0.15, 0.2) is 12.1 Å². The number of aromatic nitrogens is 4. The molecular formula is C16H24N8O. The third kappa shape index (κ3) is 3.81. The van der Waals surface area contributed by atoms with Crippen molar-refractivity contribution in [1.29, 1.82) is 0 Å². The zero-order valence-corrected chi connectivity index (χ0v) is 15.1. The highest BCUT2D eigenvalue weighted by molar-refractivity contribution is 5.73. The second kappa shape index (κ2) is 6.96. The predicted octanol–water partition coefficient (Wildman–Crippen LogP) is 0.815. The lowest BCUT2D eigenvalue weighted by atomic mass is 10.3. The number of nitrogens with zero attached hydrogens (tertiary/aromatic N) is 6. The fourth-order valence-corrected chi connectivity index (χ4v) is 2.73. The Balaban J connectivity index is 1.71. The molecule has 0 spiro atoms. The van der Waals surface area contributed by atoms with Gasteiger partial charge in [0.25, 0.3) is 0 Å². The molecule has 2 aromatic rings. The molecule has 25 heavy (non-hydrogen) atoms. The minimum Gasteiger partial charge on any atom is -0.373 e. The Bertz CT molecular complexity index is 769. The van der Waals surface area contributed by atoms with Crippen LogP contribution < -0.4 is 15.5 Å². The number of carbonyl (C=O) groups excluding carboxylic acids is 1. The molecule has 0 saturated heterocycles. The molecule has 2 amide bonds. The molecule has 0 saturated carbocycles. The van der Waals surface area contributed by atoms with Crippen LogP contribution in [0.25, 0.3) is 0 Å². The smallest absolute Gasteiger partial charge is 0.317 e. The van der Waals surface area contributed by atoms with Crippen LogP contribution in [0.4, 0.5) is 16.6 Å². The number of nitrogens with one attached hydrogen (secondary N) is 2. The predicted molar refractivity (Wildman–Crippen MR) is 95.5 cm³/mol. The first-order chi connectivity index (χ1) is 12.0. The van der Waals surface area contributed by atoms with Gasteiger partial charge in [-0.25, -0.2) is 9.78 Å². The number of anilines is 2. The van der Waals surface area contributed by atoms with Crippen LogP contribution in [0.3, 0.4) is 0 Å². The second-order valence-corrected chi connectivity index (χ2v) is 6.27. The Hall–Kier alpha value is -2.84. The van der Waals surface area contributed by atoms with Crippen molar-refractivity contribution in [3.8, 4) is 0 Å². The quantitative estimate of drug-likeness (QED) is 0.853. The first-order valence-electron chi connectivity index (χ1n) is 8.25. The molecule has 1 aliphatic rings. The maximum Gasteiger partial charge on any atom is 0.317 e. The Morgan fingerprint density at radius 3 is 2.80 bits per heavy atom. The Kier molecular flexibility index (Phi) is 4.73. The van der Waals surface area contributed by atoms with Gasteiger partial charge in [0.15, 0.2) is 0 Å². The first-order valence-corrected chi connectivity index (χ1v) is 8.25. The summed E-state index contributed by atoms with van der Waals surface area (Å²) in [6.07, 6.45) is 0. The van der Waals surface area contributed by atoms with Gasteiger partial charge in [-0.15, -0.1) is 0 Å². The molecule has 0 atom stereocenters. The second-order valence-electron chi connectivity index (χ2n) is 6.27. The van der Waals surface area contributed by atoms with Gasteiger partial charge in [0.05, 0.1) is 31.0 Å². The molecule has 3 rings (SSSR count). The number of amides is 2. The van der Waals surface area contributed by atoms with E-state index >= 15 is 0 Å². The minimum absolute atomic E-state index is 0.125. The fraction of sp³-hybridized carbons (Fsp3) is 0.500. The van der Waals surface area contributed by atoms with E-state index in [-0.39, 0.29) is 6.03 Å². The van der Waals surface area contributed by atoms with Gasteiger partial charge in [-0.05, 0) is 13.0 Å². The van der Waals surface area contributed by atoms with E-state index < -0.39 is 0 Å². The summed E-state index contributed by atoms with van der Waals surface area (Å²) in [5, 5.41) is 10.5. The molecule has 0 unspecified atom stereocenters. The molecule has 134 valence electrons. The van der Waals surface area contributed by atoms with E-state index in [0.29, 0.717) is 13.1 Å². The molecule has 2 N–H and O–H groups in total. The van der Waals surface area contributed by atoms with Crippen molar-refractivity contribution in [3.63, 3.8) is 0 Å². The van der Waals surface area contributed by atoms with Gasteiger partial charge in [-0.1, -0.05) is 0 Å². The molecule has 1 aliphatic heterocycles. The summed E-state index contributed by atoms with van der Waals surface area (Å²) >= 11 is 0. The van der Waals surface area contributed by atoms with Crippen LogP contribution in [0.1, 0.15) is 17.1 Å². The third-order valence-electron chi connectivity index (χ3n) is 4.06. The Morgan fingerprint density at radius 2 is 2.08 bits per heavy atom. The van der Waals surface area contributed by atoms with Crippen molar-refractivity contribution < 1.29 is 4.79 Å². The highest BCUT2D eigenvalue weighted by Crippen LogP contribution is 2.20. The number of fused-ring (bicyclic) bond motifs is 1. The first kappa shape index (κ1) is 17.0. The Morgan fingerprint density at radius 1 is 1.28 bits per heavy atom. The van der Waals surface area contributed by atoms with Crippen molar-refractivity contribution in [1.82, 2.24) is 30.0 Å². The van der Waals surface area contributed by atoms with Crippen LogP contribution in [0.2, 0.25) is 0 Å². The molecule has 2 aromatic heterocycles. The summed E-state index contributed by atoms with van der Waals surface area (Å²) in [5.41, 5.74) is 2.88. The average molecular weight is 344 g/mol. The highest BCUT2D eigenvalue weighted by Gasteiger charge is 2.21. The number of aryl methyl sites for hydroxylation is 1. The van der Waals surface area contributed by atoms with Crippen molar-refractivity contribution in [2.24, 2.45) is 0 Å². The lowest BCUT2D eigenvalue weighted by Gasteiger charge is -2.28. The molecular weight excluding hydrogens is 320 g/mol. The minimum atomic E-state index is -0.125. The maximum absolute atomic E-state index is 11.6. The highest BCUT2D eigenvalue weighted by atomic mass is 16.2. The zero-order chi connectivity index (χ0) is 18.0. The summed E-state index contributed by atoms with van der Waals surface area (Å²) in [6, 6.07) is 3.82. The standard InChI is InChI=1S/C16H24N8O/c1-11-7-14(17-2)20-15(19-11)23-5-6-24-13(10-23)8-12(21-24)9-18-16(25)22(3)4/h7-8H,5-6,9-10H2,1-4H3,(H,18,25)(H,17,19,20). The van der Waals surface area contributed by atoms with E-state index in [1.807, 2.05) is 30.8 Å². The van der Waals surface area contributed by atoms with Gasteiger partial charge in [-0.3, -0.25) is 4.68 Å². The summed E-state index contributed by atoms with van der Waals surface area (Å²) in [4.78, 5) is 24.4.